The molecule has 0 saturated carbocycles. The Labute approximate surface area is 174 Å². The summed E-state index contributed by atoms with van der Waals surface area (Å²) in [6.45, 7) is 3.31. The number of amides is 1. The highest BCUT2D eigenvalue weighted by Crippen LogP contribution is 2.37. The fourth-order valence-electron chi connectivity index (χ4n) is 3.35. The molecule has 0 fully saturated rings. The molecule has 0 spiro atoms. The summed E-state index contributed by atoms with van der Waals surface area (Å²) in [5, 5.41) is 15.0. The summed E-state index contributed by atoms with van der Waals surface area (Å²) in [7, 11) is 0. The number of benzene rings is 1. The SMILES string of the molecule is Cc1[nH]c(C=C2C(=O)Nc3ncnc(Nc4ccc(F)c(Cl)c4)c32)c(C)c1C(=O)O. The molecule has 152 valence electrons. The number of hydrogen-bond acceptors (Lipinski definition) is 5. The van der Waals surface area contributed by atoms with E-state index in [1.54, 1.807) is 19.9 Å². The van der Waals surface area contributed by atoms with Crippen LogP contribution in [0.2, 0.25) is 5.02 Å². The number of carbonyl (C=O) groups is 2. The first-order valence-electron chi connectivity index (χ1n) is 8.79. The summed E-state index contributed by atoms with van der Waals surface area (Å²) in [6, 6.07) is 4.10. The molecule has 8 nitrogen and oxygen atoms in total. The van der Waals surface area contributed by atoms with Crippen molar-refractivity contribution in [3.8, 4) is 0 Å². The lowest BCUT2D eigenvalue weighted by atomic mass is 10.1. The normalized spacial score (nSPS) is 14.0. The van der Waals surface area contributed by atoms with E-state index < -0.39 is 17.7 Å². The number of carboxylic acids is 1. The van der Waals surface area contributed by atoms with E-state index >= 15 is 0 Å². The number of hydrogen-bond donors (Lipinski definition) is 4. The number of nitrogens with one attached hydrogen (secondary N) is 3. The number of anilines is 3. The molecule has 4 N–H and O–H groups in total. The van der Waals surface area contributed by atoms with E-state index in [-0.39, 0.29) is 16.2 Å². The number of aromatic amines is 1. The Balaban J connectivity index is 1.80. The summed E-state index contributed by atoms with van der Waals surface area (Å²) >= 11 is 5.84. The van der Waals surface area contributed by atoms with E-state index in [2.05, 4.69) is 25.6 Å². The fourth-order valence-corrected chi connectivity index (χ4v) is 3.53. The van der Waals surface area contributed by atoms with E-state index in [9.17, 15) is 19.1 Å². The van der Waals surface area contributed by atoms with Crippen molar-refractivity contribution in [3.63, 3.8) is 0 Å². The fraction of sp³-hybridized carbons (Fsp3) is 0.100. The molecule has 0 atom stereocenters. The first-order valence-corrected chi connectivity index (χ1v) is 9.17. The van der Waals surface area contributed by atoms with E-state index in [1.807, 2.05) is 0 Å². The number of aromatic carboxylic acids is 1. The standard InChI is InChI=1S/C20H15ClFN5O3/c1-8-14(25-9(2)15(8)20(29)30)6-11-16-17(23-7-24-18(16)27-19(11)28)26-10-3-4-13(22)12(21)5-10/h3-7,25H,1-2H3,(H,29,30)(H2,23,24,26,27,28). The number of halogens is 2. The molecule has 10 heteroatoms. The average molecular weight is 428 g/mol. The summed E-state index contributed by atoms with van der Waals surface area (Å²) < 4.78 is 13.4. The highest BCUT2D eigenvalue weighted by molar-refractivity contribution is 6.35. The van der Waals surface area contributed by atoms with Crippen molar-refractivity contribution in [2.45, 2.75) is 13.8 Å². The molecular formula is C20H15ClFN5O3. The number of fused-ring (bicyclic) bond motifs is 1. The highest BCUT2D eigenvalue weighted by atomic mass is 35.5. The van der Waals surface area contributed by atoms with Crippen molar-refractivity contribution in [1.82, 2.24) is 15.0 Å². The van der Waals surface area contributed by atoms with Crippen LogP contribution in [0.25, 0.3) is 11.6 Å². The Morgan fingerprint density at radius 3 is 2.73 bits per heavy atom. The monoisotopic (exact) mass is 427 g/mol. The predicted molar refractivity (Wildman–Crippen MR) is 110 cm³/mol. The molecule has 3 heterocycles. The van der Waals surface area contributed by atoms with Crippen molar-refractivity contribution in [2.75, 3.05) is 10.6 Å². The number of H-pyrrole nitrogens is 1. The van der Waals surface area contributed by atoms with Crippen molar-refractivity contribution in [2.24, 2.45) is 0 Å². The second-order valence-corrected chi connectivity index (χ2v) is 7.09. The number of aryl methyl sites for hydroxylation is 1. The van der Waals surface area contributed by atoms with Crippen LogP contribution < -0.4 is 10.6 Å². The van der Waals surface area contributed by atoms with Gasteiger partial charge in [-0.25, -0.2) is 19.2 Å². The minimum absolute atomic E-state index is 0.0608. The minimum Gasteiger partial charge on any atom is -0.478 e. The molecule has 0 aliphatic carbocycles. The highest BCUT2D eigenvalue weighted by Gasteiger charge is 2.30. The van der Waals surface area contributed by atoms with Crippen LogP contribution in [-0.4, -0.2) is 31.9 Å². The molecular weight excluding hydrogens is 413 g/mol. The lowest BCUT2D eigenvalue weighted by Gasteiger charge is -2.10. The van der Waals surface area contributed by atoms with Crippen molar-refractivity contribution in [1.29, 1.82) is 0 Å². The van der Waals surface area contributed by atoms with Gasteiger partial charge >= 0.3 is 5.97 Å². The Morgan fingerprint density at radius 2 is 2.07 bits per heavy atom. The molecule has 4 rings (SSSR count). The zero-order valence-electron chi connectivity index (χ0n) is 15.8. The predicted octanol–water partition coefficient (Wildman–Crippen LogP) is 4.15. The van der Waals surface area contributed by atoms with E-state index in [1.165, 1.54) is 24.5 Å². The minimum atomic E-state index is -1.05. The van der Waals surface area contributed by atoms with Gasteiger partial charge in [-0.2, -0.15) is 0 Å². The topological polar surface area (TPSA) is 120 Å². The van der Waals surface area contributed by atoms with Gasteiger partial charge in [-0.05, 0) is 43.7 Å². The Kier molecular flexibility index (Phi) is 4.75. The zero-order chi connectivity index (χ0) is 21.6. The van der Waals surface area contributed by atoms with Gasteiger partial charge in [-0.1, -0.05) is 11.6 Å². The molecule has 1 amide bonds. The maximum absolute atomic E-state index is 13.4. The smallest absolute Gasteiger partial charge is 0.337 e. The third-order valence-corrected chi connectivity index (χ3v) is 5.04. The van der Waals surface area contributed by atoms with Gasteiger partial charge in [0.2, 0.25) is 0 Å². The first-order chi connectivity index (χ1) is 14.3. The number of aromatic nitrogens is 3. The molecule has 1 aliphatic rings. The average Bonchev–Trinajstić information content (AvgIpc) is 3.15. The summed E-state index contributed by atoms with van der Waals surface area (Å²) in [6.07, 6.45) is 2.84. The van der Waals surface area contributed by atoms with Crippen molar-refractivity contribution >= 4 is 52.4 Å². The van der Waals surface area contributed by atoms with E-state index in [4.69, 9.17) is 11.6 Å². The van der Waals surface area contributed by atoms with Gasteiger partial charge in [0.25, 0.3) is 5.91 Å². The molecule has 0 bridgehead atoms. The van der Waals surface area contributed by atoms with Crippen LogP contribution in [0.1, 0.15) is 32.9 Å². The second-order valence-electron chi connectivity index (χ2n) is 6.68. The van der Waals surface area contributed by atoms with Crippen molar-refractivity contribution in [3.05, 3.63) is 63.4 Å². The maximum Gasteiger partial charge on any atom is 0.337 e. The van der Waals surface area contributed by atoms with Gasteiger partial charge in [0.1, 0.15) is 23.8 Å². The van der Waals surface area contributed by atoms with Gasteiger partial charge in [0.15, 0.2) is 0 Å². The lowest BCUT2D eigenvalue weighted by Crippen LogP contribution is -2.04. The summed E-state index contributed by atoms with van der Waals surface area (Å²) in [5.74, 6) is -1.40. The maximum atomic E-state index is 13.4. The third-order valence-electron chi connectivity index (χ3n) is 4.75. The van der Waals surface area contributed by atoms with Gasteiger partial charge in [-0.3, -0.25) is 4.79 Å². The van der Waals surface area contributed by atoms with E-state index in [0.29, 0.717) is 39.8 Å². The molecule has 2 aromatic heterocycles. The van der Waals surface area contributed by atoms with Crippen LogP contribution in [-0.2, 0) is 4.79 Å². The summed E-state index contributed by atoms with van der Waals surface area (Å²) in [4.78, 5) is 35.4. The lowest BCUT2D eigenvalue weighted by molar-refractivity contribution is -0.110. The van der Waals surface area contributed by atoms with Gasteiger partial charge < -0.3 is 20.7 Å². The third kappa shape index (κ3) is 3.29. The molecule has 3 aromatic rings. The Bertz CT molecular complexity index is 1250. The zero-order valence-corrected chi connectivity index (χ0v) is 16.6. The van der Waals surface area contributed by atoms with Crippen LogP contribution in [0.4, 0.5) is 21.7 Å². The van der Waals surface area contributed by atoms with E-state index in [0.717, 1.165) is 0 Å². The van der Waals surface area contributed by atoms with Crippen LogP contribution >= 0.6 is 11.6 Å². The largest absolute Gasteiger partial charge is 0.478 e. The molecule has 1 aliphatic heterocycles. The quantitative estimate of drug-likeness (QED) is 0.464. The molecule has 1 aromatic carbocycles. The Morgan fingerprint density at radius 1 is 1.30 bits per heavy atom. The first kappa shape index (κ1) is 19.6. The Hall–Kier alpha value is -3.72. The molecule has 30 heavy (non-hydrogen) atoms. The van der Waals surface area contributed by atoms with Crippen molar-refractivity contribution < 1.29 is 19.1 Å². The number of rotatable bonds is 4. The number of carboxylic acid groups (broad SMARTS) is 1. The van der Waals surface area contributed by atoms with Gasteiger partial charge in [-0.15, -0.1) is 0 Å². The number of carbonyl (C=O) groups excluding carboxylic acids is 1. The van der Waals surface area contributed by atoms with Crippen LogP contribution in [0.5, 0.6) is 0 Å². The summed E-state index contributed by atoms with van der Waals surface area (Å²) in [5.41, 5.74) is 2.77. The van der Waals surface area contributed by atoms with Crippen LogP contribution in [0.3, 0.4) is 0 Å². The molecule has 0 saturated heterocycles. The molecule has 0 radical (unpaired) electrons. The number of nitrogens with zero attached hydrogens (tertiary/aromatic N) is 2. The van der Waals surface area contributed by atoms with Crippen LogP contribution in [0.15, 0.2) is 24.5 Å². The van der Waals surface area contributed by atoms with Gasteiger partial charge in [0, 0.05) is 17.1 Å². The second kappa shape index (κ2) is 7.27. The molecule has 0 unspecified atom stereocenters. The van der Waals surface area contributed by atoms with Gasteiger partial charge in [0.05, 0.1) is 21.7 Å². The van der Waals surface area contributed by atoms with Crippen LogP contribution in [0, 0.1) is 19.7 Å².